The van der Waals surface area contributed by atoms with E-state index in [2.05, 4.69) is 15.4 Å². The first-order chi connectivity index (χ1) is 12.2. The summed E-state index contributed by atoms with van der Waals surface area (Å²) in [4.78, 5) is 14.1. The zero-order valence-electron chi connectivity index (χ0n) is 14.9. The van der Waals surface area contributed by atoms with E-state index in [1.54, 1.807) is 33.5 Å². The van der Waals surface area contributed by atoms with Crippen molar-refractivity contribution in [2.75, 3.05) is 54.2 Å². The van der Waals surface area contributed by atoms with Crippen LogP contribution in [-0.4, -0.2) is 71.2 Å². The summed E-state index contributed by atoms with van der Waals surface area (Å²) >= 11 is 0. The van der Waals surface area contributed by atoms with Gasteiger partial charge in [0.2, 0.25) is 11.7 Å². The van der Waals surface area contributed by atoms with E-state index in [0.717, 1.165) is 31.9 Å². The Labute approximate surface area is 147 Å². The maximum atomic E-state index is 11.9. The number of nitrogens with one attached hydrogen (secondary N) is 1. The second-order valence-electron chi connectivity index (χ2n) is 5.46. The highest BCUT2D eigenvalue weighted by molar-refractivity contribution is 5.84. The van der Waals surface area contributed by atoms with Crippen LogP contribution in [0.3, 0.4) is 0 Å². The maximum absolute atomic E-state index is 11.9. The lowest BCUT2D eigenvalue weighted by molar-refractivity contribution is -0.121. The molecule has 1 aromatic rings. The van der Waals surface area contributed by atoms with Gasteiger partial charge in [0.05, 0.1) is 40.8 Å². The lowest BCUT2D eigenvalue weighted by Gasteiger charge is -2.25. The van der Waals surface area contributed by atoms with Gasteiger partial charge in [-0.2, -0.15) is 5.10 Å². The Morgan fingerprint density at radius 2 is 1.84 bits per heavy atom. The highest BCUT2D eigenvalue weighted by Crippen LogP contribution is 2.37. The van der Waals surface area contributed by atoms with Crippen LogP contribution in [0, 0.1) is 0 Å². The Morgan fingerprint density at radius 1 is 1.20 bits per heavy atom. The van der Waals surface area contributed by atoms with E-state index in [-0.39, 0.29) is 5.91 Å². The minimum Gasteiger partial charge on any atom is -0.493 e. The van der Waals surface area contributed by atoms with E-state index in [1.807, 2.05) is 0 Å². The Kier molecular flexibility index (Phi) is 7.49. The Morgan fingerprint density at radius 3 is 2.40 bits per heavy atom. The third-order valence-electron chi connectivity index (χ3n) is 3.85. The van der Waals surface area contributed by atoms with E-state index in [4.69, 9.17) is 18.9 Å². The molecule has 1 saturated heterocycles. The number of ether oxygens (including phenoxy) is 4. The van der Waals surface area contributed by atoms with Crippen LogP contribution in [0.15, 0.2) is 17.2 Å². The van der Waals surface area contributed by atoms with Crippen LogP contribution in [0.2, 0.25) is 0 Å². The van der Waals surface area contributed by atoms with Crippen LogP contribution in [0.4, 0.5) is 0 Å². The summed E-state index contributed by atoms with van der Waals surface area (Å²) in [6.45, 7) is 3.88. The first-order valence-corrected chi connectivity index (χ1v) is 8.10. The molecule has 1 aromatic carbocycles. The molecule has 0 atom stereocenters. The Balaban J connectivity index is 1.89. The second kappa shape index (κ2) is 9.85. The lowest BCUT2D eigenvalue weighted by atomic mass is 10.2. The fraction of sp³-hybridized carbons (Fsp3) is 0.529. The largest absolute Gasteiger partial charge is 0.493 e. The van der Waals surface area contributed by atoms with E-state index in [1.165, 1.54) is 6.21 Å². The van der Waals surface area contributed by atoms with Gasteiger partial charge in [0, 0.05) is 31.6 Å². The Bertz CT molecular complexity index is 575. The number of carbonyl (C=O) groups excluding carboxylic acids is 1. The summed E-state index contributed by atoms with van der Waals surface area (Å²) in [5, 5.41) is 3.99. The summed E-state index contributed by atoms with van der Waals surface area (Å²) in [7, 11) is 4.64. The van der Waals surface area contributed by atoms with E-state index in [0.29, 0.717) is 30.2 Å². The van der Waals surface area contributed by atoms with Crippen molar-refractivity contribution in [3.63, 3.8) is 0 Å². The molecule has 1 heterocycles. The molecule has 2 rings (SSSR count). The van der Waals surface area contributed by atoms with Gasteiger partial charge in [0.25, 0.3) is 0 Å². The summed E-state index contributed by atoms with van der Waals surface area (Å²) in [6, 6.07) is 3.51. The smallest absolute Gasteiger partial charge is 0.241 e. The van der Waals surface area contributed by atoms with Crippen LogP contribution in [0.25, 0.3) is 0 Å². The third-order valence-corrected chi connectivity index (χ3v) is 3.85. The Hall–Kier alpha value is -2.32. The second-order valence-corrected chi connectivity index (χ2v) is 5.46. The molecule has 8 heteroatoms. The molecule has 8 nitrogen and oxygen atoms in total. The molecule has 1 N–H and O–H groups in total. The number of hydrogen-bond acceptors (Lipinski definition) is 7. The van der Waals surface area contributed by atoms with Crippen molar-refractivity contribution in [1.82, 2.24) is 10.3 Å². The monoisotopic (exact) mass is 351 g/mol. The van der Waals surface area contributed by atoms with E-state index in [9.17, 15) is 4.79 Å². The van der Waals surface area contributed by atoms with E-state index < -0.39 is 0 Å². The highest BCUT2D eigenvalue weighted by Gasteiger charge is 2.13. The molecule has 0 aromatic heterocycles. The van der Waals surface area contributed by atoms with Crippen LogP contribution in [0.1, 0.15) is 12.0 Å². The standard InChI is InChI=1S/C17H25N3O5/c1-22-14-10-13(11-15(23-2)17(14)24-3)12-18-19-16(21)4-5-20-6-8-25-9-7-20/h10-12H,4-9H2,1-3H3,(H,19,21)/b18-12-. The molecule has 0 radical (unpaired) electrons. The molecule has 1 fully saturated rings. The topological polar surface area (TPSA) is 81.6 Å². The van der Waals surface area contributed by atoms with Crippen molar-refractivity contribution in [3.8, 4) is 17.2 Å². The van der Waals surface area contributed by atoms with Crippen LogP contribution < -0.4 is 19.6 Å². The number of hydrazone groups is 1. The number of hydrogen-bond donors (Lipinski definition) is 1. The fourth-order valence-corrected chi connectivity index (χ4v) is 2.50. The average Bonchev–Trinajstić information content (AvgIpc) is 2.66. The summed E-state index contributed by atoms with van der Waals surface area (Å²) in [6.07, 6.45) is 1.93. The SMILES string of the molecule is COc1cc(/C=N\NC(=O)CCN2CCOCC2)cc(OC)c1OC. The molecule has 0 bridgehead atoms. The molecule has 1 aliphatic rings. The van der Waals surface area contributed by atoms with Crippen molar-refractivity contribution < 1.29 is 23.7 Å². The first kappa shape index (κ1) is 19.0. The third kappa shape index (κ3) is 5.61. The highest BCUT2D eigenvalue weighted by atomic mass is 16.5. The summed E-state index contributed by atoms with van der Waals surface area (Å²) < 4.78 is 21.1. The molecule has 0 unspecified atom stereocenters. The quantitative estimate of drug-likeness (QED) is 0.553. The van der Waals surface area contributed by atoms with Crippen molar-refractivity contribution >= 4 is 12.1 Å². The molecule has 1 aliphatic heterocycles. The van der Waals surface area contributed by atoms with Crippen molar-refractivity contribution in [1.29, 1.82) is 0 Å². The molecular formula is C17H25N3O5. The number of methoxy groups -OCH3 is 3. The molecule has 0 spiro atoms. The zero-order valence-corrected chi connectivity index (χ0v) is 14.9. The first-order valence-electron chi connectivity index (χ1n) is 8.10. The molecule has 1 amide bonds. The number of nitrogens with zero attached hydrogens (tertiary/aromatic N) is 2. The zero-order chi connectivity index (χ0) is 18.1. The van der Waals surface area contributed by atoms with Crippen LogP contribution >= 0.6 is 0 Å². The number of morpholine rings is 1. The average molecular weight is 351 g/mol. The van der Waals surface area contributed by atoms with Gasteiger partial charge in [-0.3, -0.25) is 9.69 Å². The molecule has 138 valence electrons. The summed E-state index contributed by atoms with van der Waals surface area (Å²) in [5.41, 5.74) is 3.26. The van der Waals surface area contributed by atoms with Crippen LogP contribution in [-0.2, 0) is 9.53 Å². The number of amides is 1. The molecule has 0 saturated carbocycles. The van der Waals surface area contributed by atoms with E-state index >= 15 is 0 Å². The minimum absolute atomic E-state index is 0.129. The van der Waals surface area contributed by atoms with Gasteiger partial charge in [-0.1, -0.05) is 0 Å². The van der Waals surface area contributed by atoms with Gasteiger partial charge >= 0.3 is 0 Å². The predicted molar refractivity (Wildman–Crippen MR) is 93.7 cm³/mol. The maximum Gasteiger partial charge on any atom is 0.241 e. The van der Waals surface area contributed by atoms with Gasteiger partial charge in [-0.15, -0.1) is 0 Å². The van der Waals surface area contributed by atoms with Crippen molar-refractivity contribution in [3.05, 3.63) is 17.7 Å². The van der Waals surface area contributed by atoms with Crippen molar-refractivity contribution in [2.24, 2.45) is 5.10 Å². The normalized spacial score (nSPS) is 15.2. The van der Waals surface area contributed by atoms with Crippen molar-refractivity contribution in [2.45, 2.75) is 6.42 Å². The van der Waals surface area contributed by atoms with Gasteiger partial charge < -0.3 is 18.9 Å². The van der Waals surface area contributed by atoms with Gasteiger partial charge in [-0.05, 0) is 12.1 Å². The number of rotatable bonds is 8. The lowest BCUT2D eigenvalue weighted by Crippen LogP contribution is -2.38. The number of benzene rings is 1. The molecular weight excluding hydrogens is 326 g/mol. The fourth-order valence-electron chi connectivity index (χ4n) is 2.50. The van der Waals surface area contributed by atoms with Gasteiger partial charge in [-0.25, -0.2) is 5.43 Å². The van der Waals surface area contributed by atoms with Crippen LogP contribution in [0.5, 0.6) is 17.2 Å². The molecule has 25 heavy (non-hydrogen) atoms. The van der Waals surface area contributed by atoms with Gasteiger partial charge in [0.15, 0.2) is 11.5 Å². The summed E-state index contributed by atoms with van der Waals surface area (Å²) in [5.74, 6) is 1.44. The van der Waals surface area contributed by atoms with Gasteiger partial charge in [0.1, 0.15) is 0 Å². The molecule has 0 aliphatic carbocycles. The minimum atomic E-state index is -0.129. The predicted octanol–water partition coefficient (Wildman–Crippen LogP) is 0.885. The number of carbonyl (C=O) groups is 1.